The minimum Gasteiger partial charge on any atom is -0.392 e. The van der Waals surface area contributed by atoms with Crippen LogP contribution < -0.4 is 0 Å². The first kappa shape index (κ1) is 19.7. The quantitative estimate of drug-likeness (QED) is 0.810. The molecule has 4 rings (SSSR count). The third kappa shape index (κ3) is 3.36. The number of nitrogens with zero attached hydrogens (tertiary/aromatic N) is 2. The van der Waals surface area contributed by atoms with Crippen LogP contribution in [0.5, 0.6) is 0 Å². The standard InChI is InChI=1S/C21H32N2O2S2/c1-12(20(25)23-7-9-26-10-8-23)15-5-6-21(4)11-16-18(22-14(3)27-16)13(2)17(21)19(15)24/h12-13,15,17,19,24H,5-11H2,1-4H3/t12-,13-,15+,17+,19-,21-/m0/s1. The maximum atomic E-state index is 13.1. The van der Waals surface area contributed by atoms with Crippen molar-refractivity contribution >= 4 is 29.0 Å². The zero-order valence-corrected chi connectivity index (χ0v) is 18.5. The number of hydrogen-bond acceptors (Lipinski definition) is 5. The number of aliphatic hydroxyl groups excluding tert-OH is 1. The molecule has 4 nitrogen and oxygen atoms in total. The largest absolute Gasteiger partial charge is 0.392 e. The molecule has 2 aliphatic carbocycles. The second-order valence-corrected chi connectivity index (χ2v) is 11.6. The van der Waals surface area contributed by atoms with Gasteiger partial charge in [-0.25, -0.2) is 4.98 Å². The molecule has 1 saturated carbocycles. The summed E-state index contributed by atoms with van der Waals surface area (Å²) in [5, 5.41) is 12.6. The van der Waals surface area contributed by atoms with Gasteiger partial charge < -0.3 is 10.0 Å². The van der Waals surface area contributed by atoms with Crippen molar-refractivity contribution in [1.82, 2.24) is 9.88 Å². The Labute approximate surface area is 171 Å². The highest BCUT2D eigenvalue weighted by molar-refractivity contribution is 7.99. The molecule has 6 heteroatoms. The highest BCUT2D eigenvalue weighted by Crippen LogP contribution is 2.57. The Morgan fingerprint density at radius 2 is 2.07 bits per heavy atom. The van der Waals surface area contributed by atoms with Gasteiger partial charge in [-0.1, -0.05) is 20.8 Å². The van der Waals surface area contributed by atoms with Gasteiger partial charge in [-0.05, 0) is 43.4 Å². The number of aryl methyl sites for hydroxylation is 1. The van der Waals surface area contributed by atoms with E-state index in [4.69, 9.17) is 4.98 Å². The number of hydrogen-bond donors (Lipinski definition) is 1. The lowest BCUT2D eigenvalue weighted by Crippen LogP contribution is -2.54. The van der Waals surface area contributed by atoms with Crippen LogP contribution in [0.1, 0.15) is 55.1 Å². The summed E-state index contributed by atoms with van der Waals surface area (Å²) in [6.07, 6.45) is 2.64. The van der Waals surface area contributed by atoms with Gasteiger partial charge in [-0.15, -0.1) is 11.3 Å². The lowest BCUT2D eigenvalue weighted by molar-refractivity contribution is -0.144. The molecule has 0 unspecified atom stereocenters. The summed E-state index contributed by atoms with van der Waals surface area (Å²) in [6.45, 7) is 10.4. The van der Waals surface area contributed by atoms with Crippen molar-refractivity contribution in [2.24, 2.45) is 23.2 Å². The maximum Gasteiger partial charge on any atom is 0.225 e. The highest BCUT2D eigenvalue weighted by Gasteiger charge is 2.54. The molecule has 3 aliphatic rings. The van der Waals surface area contributed by atoms with Crippen LogP contribution in [0.4, 0.5) is 0 Å². The predicted molar refractivity (Wildman–Crippen MR) is 112 cm³/mol. The summed E-state index contributed by atoms with van der Waals surface area (Å²) in [6, 6.07) is 0. The molecule has 0 bridgehead atoms. The van der Waals surface area contributed by atoms with Crippen LogP contribution >= 0.6 is 23.1 Å². The number of rotatable bonds is 2. The Hall–Kier alpha value is -0.590. The summed E-state index contributed by atoms with van der Waals surface area (Å²) >= 11 is 3.75. The maximum absolute atomic E-state index is 13.1. The topological polar surface area (TPSA) is 53.4 Å². The van der Waals surface area contributed by atoms with Gasteiger partial charge in [0.25, 0.3) is 0 Å². The zero-order chi connectivity index (χ0) is 19.3. The molecule has 1 saturated heterocycles. The number of amides is 1. The number of fused-ring (bicyclic) bond motifs is 2. The van der Waals surface area contributed by atoms with E-state index in [1.807, 2.05) is 34.9 Å². The molecule has 0 spiro atoms. The van der Waals surface area contributed by atoms with Gasteiger partial charge in [-0.2, -0.15) is 11.8 Å². The molecular weight excluding hydrogens is 376 g/mol. The fraction of sp³-hybridized carbons (Fsp3) is 0.810. The van der Waals surface area contributed by atoms with E-state index >= 15 is 0 Å². The van der Waals surface area contributed by atoms with E-state index in [1.54, 1.807) is 0 Å². The van der Waals surface area contributed by atoms with E-state index in [-0.39, 0.29) is 35.0 Å². The van der Waals surface area contributed by atoms with E-state index < -0.39 is 6.10 Å². The molecule has 1 aromatic heterocycles. The third-order valence-electron chi connectivity index (χ3n) is 7.38. The van der Waals surface area contributed by atoms with Crippen LogP contribution in [-0.4, -0.2) is 51.6 Å². The zero-order valence-electron chi connectivity index (χ0n) is 16.9. The first-order valence-electron chi connectivity index (χ1n) is 10.3. The summed E-state index contributed by atoms with van der Waals surface area (Å²) < 4.78 is 0. The summed E-state index contributed by atoms with van der Waals surface area (Å²) in [4.78, 5) is 21.3. The Balaban J connectivity index is 1.56. The van der Waals surface area contributed by atoms with Crippen molar-refractivity contribution in [3.05, 3.63) is 15.6 Å². The number of aromatic nitrogens is 1. The molecule has 1 amide bonds. The van der Waals surface area contributed by atoms with E-state index in [0.717, 1.165) is 48.9 Å². The van der Waals surface area contributed by atoms with Crippen molar-refractivity contribution in [3.8, 4) is 0 Å². The molecule has 2 heterocycles. The Morgan fingerprint density at radius 1 is 1.37 bits per heavy atom. The molecule has 6 atom stereocenters. The van der Waals surface area contributed by atoms with Crippen LogP contribution in [0.25, 0.3) is 0 Å². The van der Waals surface area contributed by atoms with Crippen LogP contribution in [0.3, 0.4) is 0 Å². The van der Waals surface area contributed by atoms with Crippen molar-refractivity contribution in [2.45, 2.75) is 59.0 Å². The smallest absolute Gasteiger partial charge is 0.225 e. The molecule has 1 aliphatic heterocycles. The normalized spacial score (nSPS) is 37.4. The van der Waals surface area contributed by atoms with E-state index in [9.17, 15) is 9.90 Å². The predicted octanol–water partition coefficient (Wildman–Crippen LogP) is 3.72. The van der Waals surface area contributed by atoms with Crippen LogP contribution in [0.15, 0.2) is 0 Å². The average molecular weight is 409 g/mol. The SMILES string of the molecule is Cc1nc2c(s1)C[C@]1(C)CC[C@H]([C@H](C)C(=O)N3CCSCC3)[C@H](O)[C@H]1[C@@H]2C. The Kier molecular flexibility index (Phi) is 5.36. The first-order valence-corrected chi connectivity index (χ1v) is 12.3. The number of carbonyl (C=O) groups is 1. The lowest BCUT2D eigenvalue weighted by atomic mass is 9.53. The molecule has 150 valence electrons. The number of carbonyl (C=O) groups excluding carboxylic acids is 1. The molecule has 1 aromatic rings. The molecule has 27 heavy (non-hydrogen) atoms. The van der Waals surface area contributed by atoms with Crippen molar-refractivity contribution in [2.75, 3.05) is 24.6 Å². The summed E-state index contributed by atoms with van der Waals surface area (Å²) in [5.41, 5.74) is 1.32. The molecule has 1 N–H and O–H groups in total. The Bertz CT molecular complexity index is 715. The van der Waals surface area contributed by atoms with Gasteiger partial charge in [0.2, 0.25) is 5.91 Å². The molecule has 0 aromatic carbocycles. The van der Waals surface area contributed by atoms with Gasteiger partial charge in [0.05, 0.1) is 16.8 Å². The second-order valence-electron chi connectivity index (χ2n) is 9.11. The van der Waals surface area contributed by atoms with Crippen LogP contribution in [-0.2, 0) is 11.2 Å². The lowest BCUT2D eigenvalue weighted by Gasteiger charge is -2.53. The number of thiazole rings is 1. The van der Waals surface area contributed by atoms with Crippen molar-refractivity contribution < 1.29 is 9.90 Å². The van der Waals surface area contributed by atoms with Gasteiger partial charge in [-0.3, -0.25) is 4.79 Å². The molecule has 2 fully saturated rings. The van der Waals surface area contributed by atoms with Gasteiger partial charge >= 0.3 is 0 Å². The fourth-order valence-corrected chi connectivity index (χ4v) is 8.06. The first-order chi connectivity index (χ1) is 12.8. The summed E-state index contributed by atoms with van der Waals surface area (Å²) in [5.74, 6) is 2.74. The van der Waals surface area contributed by atoms with Crippen LogP contribution in [0.2, 0.25) is 0 Å². The van der Waals surface area contributed by atoms with Gasteiger partial charge in [0, 0.05) is 41.3 Å². The van der Waals surface area contributed by atoms with Crippen molar-refractivity contribution in [1.29, 1.82) is 0 Å². The Morgan fingerprint density at radius 3 is 2.78 bits per heavy atom. The minimum absolute atomic E-state index is 0.0638. The number of thioether (sulfide) groups is 1. The van der Waals surface area contributed by atoms with E-state index in [2.05, 4.69) is 20.8 Å². The fourth-order valence-electron chi connectivity index (χ4n) is 5.92. The van der Waals surface area contributed by atoms with Gasteiger partial charge in [0.15, 0.2) is 0 Å². The molecular formula is C21H32N2O2S2. The van der Waals surface area contributed by atoms with Crippen LogP contribution in [0, 0.1) is 30.1 Å². The van der Waals surface area contributed by atoms with E-state index in [1.165, 1.54) is 10.6 Å². The third-order valence-corrected chi connectivity index (χ3v) is 9.31. The van der Waals surface area contributed by atoms with E-state index in [0.29, 0.717) is 0 Å². The molecule has 0 radical (unpaired) electrons. The minimum atomic E-state index is -0.424. The van der Waals surface area contributed by atoms with Crippen molar-refractivity contribution in [3.63, 3.8) is 0 Å². The second kappa shape index (κ2) is 7.34. The number of aliphatic hydroxyl groups is 1. The van der Waals surface area contributed by atoms with Gasteiger partial charge in [0.1, 0.15) is 0 Å². The monoisotopic (exact) mass is 408 g/mol. The summed E-state index contributed by atoms with van der Waals surface area (Å²) in [7, 11) is 0. The average Bonchev–Trinajstić information content (AvgIpc) is 3.01. The highest BCUT2D eigenvalue weighted by atomic mass is 32.2.